The van der Waals surface area contributed by atoms with Crippen molar-refractivity contribution < 1.29 is 13.8 Å². The lowest BCUT2D eigenvalue weighted by atomic mass is 10.1. The number of hydrogen-bond acceptors (Lipinski definition) is 6. The number of rotatable bonds is 4. The molecule has 0 aliphatic rings. The van der Waals surface area contributed by atoms with Crippen LogP contribution < -0.4 is 5.32 Å². The van der Waals surface area contributed by atoms with E-state index < -0.39 is 5.91 Å². The molecule has 0 saturated carbocycles. The molecular formula is C19H12Cl2N4O3. The van der Waals surface area contributed by atoms with E-state index in [0.717, 1.165) is 0 Å². The van der Waals surface area contributed by atoms with E-state index in [4.69, 9.17) is 32.2 Å². The van der Waals surface area contributed by atoms with Gasteiger partial charge in [0, 0.05) is 16.8 Å². The number of aromatic nitrogens is 3. The third kappa shape index (κ3) is 3.37. The zero-order valence-corrected chi connectivity index (χ0v) is 16.0. The molecule has 0 spiro atoms. The number of amides is 1. The Morgan fingerprint density at radius 1 is 1.07 bits per heavy atom. The normalized spacial score (nSPS) is 10.8. The molecule has 2 heterocycles. The molecule has 7 nitrogen and oxygen atoms in total. The Bertz CT molecular complexity index is 1140. The summed E-state index contributed by atoms with van der Waals surface area (Å²) >= 11 is 12.5. The van der Waals surface area contributed by atoms with E-state index >= 15 is 0 Å². The number of aryl methyl sites for hydroxylation is 1. The molecule has 0 unspecified atom stereocenters. The lowest BCUT2D eigenvalue weighted by molar-refractivity contribution is 0.102. The van der Waals surface area contributed by atoms with Gasteiger partial charge in [-0.3, -0.25) is 4.79 Å². The second-order valence-electron chi connectivity index (χ2n) is 5.85. The predicted octanol–water partition coefficient (Wildman–Crippen LogP) is 5.26. The van der Waals surface area contributed by atoms with Gasteiger partial charge in [-0.05, 0) is 31.2 Å². The van der Waals surface area contributed by atoms with E-state index in [1.807, 2.05) is 0 Å². The number of nitrogens with zero attached hydrogens (tertiary/aromatic N) is 3. The molecule has 0 saturated heterocycles. The Kier molecular flexibility index (Phi) is 4.85. The van der Waals surface area contributed by atoms with E-state index in [-0.39, 0.29) is 11.3 Å². The van der Waals surface area contributed by atoms with Gasteiger partial charge in [-0.25, -0.2) is 0 Å². The predicted molar refractivity (Wildman–Crippen MR) is 104 cm³/mol. The van der Waals surface area contributed by atoms with Gasteiger partial charge in [0.15, 0.2) is 0 Å². The molecule has 2 aromatic carbocycles. The van der Waals surface area contributed by atoms with Crippen LogP contribution in [0.4, 0.5) is 5.69 Å². The first-order valence-corrected chi connectivity index (χ1v) is 8.89. The smallest absolute Gasteiger partial charge is 0.261 e. The fraction of sp³-hybridized carbons (Fsp3) is 0.0526. The van der Waals surface area contributed by atoms with Crippen molar-refractivity contribution in [3.63, 3.8) is 0 Å². The molecule has 9 heteroatoms. The minimum absolute atomic E-state index is 0.250. The number of carbonyl (C=O) groups excluding carboxylic acids is 1. The molecule has 28 heavy (non-hydrogen) atoms. The van der Waals surface area contributed by atoms with Crippen molar-refractivity contribution in [3.05, 3.63) is 70.2 Å². The summed E-state index contributed by atoms with van der Waals surface area (Å²) in [5.74, 6) is 0.355. The van der Waals surface area contributed by atoms with Crippen molar-refractivity contribution >= 4 is 34.8 Å². The van der Waals surface area contributed by atoms with Gasteiger partial charge in [-0.15, -0.1) is 0 Å². The molecule has 4 aromatic rings. The number of benzene rings is 2. The SMILES string of the molecule is Cc1onc(-c2c(Cl)cccc2Cl)c1C(=O)Nc1cccc(-c2ncon2)c1. The van der Waals surface area contributed by atoms with Crippen molar-refractivity contribution in [2.75, 3.05) is 5.32 Å². The quantitative estimate of drug-likeness (QED) is 0.489. The summed E-state index contributed by atoms with van der Waals surface area (Å²) in [6.07, 6.45) is 1.24. The minimum atomic E-state index is -0.407. The molecule has 1 N–H and O–H groups in total. The summed E-state index contributed by atoms with van der Waals surface area (Å²) in [5, 5.41) is 11.3. The van der Waals surface area contributed by atoms with Crippen LogP contribution in [0.5, 0.6) is 0 Å². The first kappa shape index (κ1) is 18.2. The second kappa shape index (κ2) is 7.46. The summed E-state index contributed by atoms with van der Waals surface area (Å²) in [6, 6.07) is 12.1. The van der Waals surface area contributed by atoms with Gasteiger partial charge in [0.1, 0.15) is 17.0 Å². The summed E-state index contributed by atoms with van der Waals surface area (Å²) in [6.45, 7) is 1.64. The van der Waals surface area contributed by atoms with Crippen LogP contribution in [0, 0.1) is 6.92 Å². The molecule has 0 aliphatic heterocycles. The molecule has 140 valence electrons. The Hall–Kier alpha value is -3.16. The maximum absolute atomic E-state index is 13.0. The van der Waals surface area contributed by atoms with E-state index in [0.29, 0.717) is 38.4 Å². The highest BCUT2D eigenvalue weighted by molar-refractivity contribution is 6.39. The van der Waals surface area contributed by atoms with Crippen LogP contribution in [0.15, 0.2) is 57.9 Å². The zero-order chi connectivity index (χ0) is 19.7. The molecule has 0 atom stereocenters. The maximum atomic E-state index is 13.0. The number of carbonyl (C=O) groups is 1. The number of hydrogen-bond donors (Lipinski definition) is 1. The van der Waals surface area contributed by atoms with Crippen molar-refractivity contribution in [1.82, 2.24) is 15.3 Å². The molecule has 0 radical (unpaired) electrons. The Labute approximate surface area is 169 Å². The first-order chi connectivity index (χ1) is 13.5. The Balaban J connectivity index is 1.69. The Morgan fingerprint density at radius 3 is 2.54 bits per heavy atom. The fourth-order valence-corrected chi connectivity index (χ4v) is 3.34. The van der Waals surface area contributed by atoms with E-state index in [1.165, 1.54) is 6.39 Å². The summed E-state index contributed by atoms with van der Waals surface area (Å²) in [4.78, 5) is 17.0. The third-order valence-corrected chi connectivity index (χ3v) is 4.66. The van der Waals surface area contributed by atoms with Crippen LogP contribution in [0.1, 0.15) is 16.1 Å². The first-order valence-electron chi connectivity index (χ1n) is 8.13. The van der Waals surface area contributed by atoms with Gasteiger partial charge < -0.3 is 14.4 Å². The minimum Gasteiger partial charge on any atom is -0.360 e. The standard InChI is InChI=1S/C19H12Cl2N4O3/c1-10-15(17(24-28-10)16-13(20)6-3-7-14(16)21)19(26)23-12-5-2-4-11(8-12)18-22-9-27-25-18/h2-9H,1H3,(H,23,26). The summed E-state index contributed by atoms with van der Waals surface area (Å²) in [7, 11) is 0. The van der Waals surface area contributed by atoms with E-state index in [1.54, 1.807) is 49.4 Å². The van der Waals surface area contributed by atoms with Crippen molar-refractivity contribution in [2.45, 2.75) is 6.92 Å². The second-order valence-corrected chi connectivity index (χ2v) is 6.66. The zero-order valence-electron chi connectivity index (χ0n) is 14.4. The van der Waals surface area contributed by atoms with E-state index in [2.05, 4.69) is 20.6 Å². The topological polar surface area (TPSA) is 94.1 Å². The van der Waals surface area contributed by atoms with Crippen molar-refractivity contribution in [2.24, 2.45) is 0 Å². The van der Waals surface area contributed by atoms with Crippen molar-refractivity contribution in [1.29, 1.82) is 0 Å². The molecule has 0 fully saturated rings. The molecule has 2 aromatic heterocycles. The lowest BCUT2D eigenvalue weighted by Gasteiger charge is -2.08. The molecule has 0 bridgehead atoms. The molecular weight excluding hydrogens is 403 g/mol. The van der Waals surface area contributed by atoms with Gasteiger partial charge in [0.25, 0.3) is 5.91 Å². The largest absolute Gasteiger partial charge is 0.360 e. The Morgan fingerprint density at radius 2 is 1.82 bits per heavy atom. The van der Waals surface area contributed by atoms with Crippen LogP contribution in [0.25, 0.3) is 22.6 Å². The van der Waals surface area contributed by atoms with Crippen molar-refractivity contribution in [3.8, 4) is 22.6 Å². The average Bonchev–Trinajstić information content (AvgIpc) is 3.32. The third-order valence-electron chi connectivity index (χ3n) is 4.03. The van der Waals surface area contributed by atoms with Gasteiger partial charge in [-0.1, -0.05) is 51.7 Å². The fourth-order valence-electron chi connectivity index (χ4n) is 2.76. The number of halogens is 2. The number of nitrogens with one attached hydrogen (secondary N) is 1. The molecule has 1 amide bonds. The van der Waals surface area contributed by atoms with Crippen LogP contribution in [-0.2, 0) is 0 Å². The van der Waals surface area contributed by atoms with E-state index in [9.17, 15) is 4.79 Å². The highest BCUT2D eigenvalue weighted by atomic mass is 35.5. The maximum Gasteiger partial charge on any atom is 0.261 e. The highest BCUT2D eigenvalue weighted by Gasteiger charge is 2.25. The summed E-state index contributed by atoms with van der Waals surface area (Å²) < 4.78 is 10.00. The number of anilines is 1. The van der Waals surface area contributed by atoms with Gasteiger partial charge in [0.05, 0.1) is 10.0 Å². The molecule has 0 aliphatic carbocycles. The van der Waals surface area contributed by atoms with Crippen LogP contribution in [0.2, 0.25) is 10.0 Å². The van der Waals surface area contributed by atoms with Crippen LogP contribution in [0.3, 0.4) is 0 Å². The highest BCUT2D eigenvalue weighted by Crippen LogP contribution is 2.37. The monoisotopic (exact) mass is 414 g/mol. The lowest BCUT2D eigenvalue weighted by Crippen LogP contribution is -2.13. The average molecular weight is 415 g/mol. The van der Waals surface area contributed by atoms with Gasteiger partial charge >= 0.3 is 0 Å². The van der Waals surface area contributed by atoms with Gasteiger partial charge in [0.2, 0.25) is 12.2 Å². The molecule has 4 rings (SSSR count). The summed E-state index contributed by atoms with van der Waals surface area (Å²) in [5.41, 5.74) is 2.21. The van der Waals surface area contributed by atoms with Crippen LogP contribution >= 0.6 is 23.2 Å². The van der Waals surface area contributed by atoms with Gasteiger partial charge in [-0.2, -0.15) is 4.98 Å². The van der Waals surface area contributed by atoms with Crippen LogP contribution in [-0.4, -0.2) is 21.2 Å².